The van der Waals surface area contributed by atoms with Gasteiger partial charge in [-0.15, -0.1) is 0 Å². The Morgan fingerprint density at radius 2 is 1.74 bits per heavy atom. The lowest BCUT2D eigenvalue weighted by Gasteiger charge is -2.36. The molecule has 9 nitrogen and oxygen atoms in total. The van der Waals surface area contributed by atoms with Crippen molar-refractivity contribution in [3.63, 3.8) is 0 Å². The van der Waals surface area contributed by atoms with Gasteiger partial charge in [-0.05, 0) is 54.8 Å². The summed E-state index contributed by atoms with van der Waals surface area (Å²) in [5.74, 6) is 1.92. The summed E-state index contributed by atoms with van der Waals surface area (Å²) < 4.78 is 28.5. The van der Waals surface area contributed by atoms with Gasteiger partial charge >= 0.3 is 0 Å². The van der Waals surface area contributed by atoms with E-state index in [1.54, 1.807) is 55.8 Å². The van der Waals surface area contributed by atoms with Crippen molar-refractivity contribution in [3.05, 3.63) is 72.2 Å². The van der Waals surface area contributed by atoms with Crippen molar-refractivity contribution < 1.29 is 33.0 Å². The summed E-state index contributed by atoms with van der Waals surface area (Å²) in [6.45, 7) is 0.0812. The summed E-state index contributed by atoms with van der Waals surface area (Å²) in [6.07, 6.45) is 5.71. The van der Waals surface area contributed by atoms with Crippen molar-refractivity contribution in [2.45, 2.75) is 56.8 Å². The SMILES string of the molecule is COc1ccc([C@@H](C(=O)NC2CCCCC2)N(Cc2ccco2)C(=O)[C@@H]2COc3ccccc3O2)cc1OC. The van der Waals surface area contributed by atoms with Gasteiger partial charge in [-0.2, -0.15) is 0 Å². The Kier molecular flexibility index (Phi) is 8.24. The molecular formula is C30H34N2O7. The molecular weight excluding hydrogens is 500 g/mol. The molecule has 1 N–H and O–H groups in total. The van der Waals surface area contributed by atoms with Crippen LogP contribution in [0.15, 0.2) is 65.3 Å². The second kappa shape index (κ2) is 12.1. The van der Waals surface area contributed by atoms with E-state index in [1.807, 2.05) is 12.1 Å². The molecule has 0 saturated heterocycles. The highest BCUT2D eigenvalue weighted by Gasteiger charge is 2.39. The number of furan rings is 1. The first-order valence-corrected chi connectivity index (χ1v) is 13.3. The second-order valence-corrected chi connectivity index (χ2v) is 9.77. The number of nitrogens with zero attached hydrogens (tertiary/aromatic N) is 1. The molecule has 2 atom stereocenters. The van der Waals surface area contributed by atoms with Crippen LogP contribution in [0.3, 0.4) is 0 Å². The molecule has 0 radical (unpaired) electrons. The number of para-hydroxylation sites is 2. The summed E-state index contributed by atoms with van der Waals surface area (Å²) in [5, 5.41) is 3.21. The van der Waals surface area contributed by atoms with Gasteiger partial charge in [-0.25, -0.2) is 0 Å². The Morgan fingerprint density at radius 3 is 2.46 bits per heavy atom. The van der Waals surface area contributed by atoms with Gasteiger partial charge < -0.3 is 33.6 Å². The molecule has 5 rings (SSSR count). The van der Waals surface area contributed by atoms with E-state index in [-0.39, 0.29) is 31.0 Å². The summed E-state index contributed by atoms with van der Waals surface area (Å²) in [7, 11) is 3.09. The fraction of sp³-hybridized carbons (Fsp3) is 0.400. The van der Waals surface area contributed by atoms with Gasteiger partial charge in [-0.3, -0.25) is 9.59 Å². The number of nitrogens with one attached hydrogen (secondary N) is 1. The predicted octanol–water partition coefficient (Wildman–Crippen LogP) is 4.66. The highest BCUT2D eigenvalue weighted by Crippen LogP contribution is 2.36. The molecule has 39 heavy (non-hydrogen) atoms. The Morgan fingerprint density at radius 1 is 0.974 bits per heavy atom. The molecule has 1 fully saturated rings. The number of fused-ring (bicyclic) bond motifs is 1. The first-order valence-electron chi connectivity index (χ1n) is 13.3. The predicted molar refractivity (Wildman–Crippen MR) is 143 cm³/mol. The number of hydrogen-bond donors (Lipinski definition) is 1. The van der Waals surface area contributed by atoms with Crippen molar-refractivity contribution in [2.24, 2.45) is 0 Å². The van der Waals surface area contributed by atoms with Crippen LogP contribution in [0.2, 0.25) is 0 Å². The minimum absolute atomic E-state index is 0.0212. The number of rotatable bonds is 9. The molecule has 0 bridgehead atoms. The molecule has 1 aliphatic carbocycles. The quantitative estimate of drug-likeness (QED) is 0.426. The molecule has 0 unspecified atom stereocenters. The van der Waals surface area contributed by atoms with Crippen LogP contribution < -0.4 is 24.3 Å². The molecule has 2 aromatic carbocycles. The maximum Gasteiger partial charge on any atom is 0.268 e. The maximum atomic E-state index is 14.2. The summed E-state index contributed by atoms with van der Waals surface area (Å²) >= 11 is 0. The van der Waals surface area contributed by atoms with E-state index in [4.69, 9.17) is 23.4 Å². The molecule has 3 aromatic rings. The van der Waals surface area contributed by atoms with Crippen molar-refractivity contribution in [1.29, 1.82) is 0 Å². The number of methoxy groups -OCH3 is 2. The smallest absolute Gasteiger partial charge is 0.268 e. The van der Waals surface area contributed by atoms with Crippen LogP contribution in [0.4, 0.5) is 0 Å². The van der Waals surface area contributed by atoms with E-state index in [2.05, 4.69) is 5.32 Å². The van der Waals surface area contributed by atoms with Gasteiger partial charge in [0.2, 0.25) is 12.0 Å². The third-order valence-electron chi connectivity index (χ3n) is 7.21. The van der Waals surface area contributed by atoms with Crippen LogP contribution in [0.1, 0.15) is 49.5 Å². The summed E-state index contributed by atoms with van der Waals surface area (Å²) in [6, 6.07) is 15.1. The lowest BCUT2D eigenvalue weighted by Crippen LogP contribution is -2.52. The number of hydrogen-bond acceptors (Lipinski definition) is 7. The van der Waals surface area contributed by atoms with Crippen LogP contribution in [0.25, 0.3) is 0 Å². The van der Waals surface area contributed by atoms with E-state index < -0.39 is 12.1 Å². The Bertz CT molecular complexity index is 1270. The first-order chi connectivity index (χ1) is 19.1. The van der Waals surface area contributed by atoms with Crippen molar-refractivity contribution >= 4 is 11.8 Å². The third-order valence-corrected chi connectivity index (χ3v) is 7.21. The number of ether oxygens (including phenoxy) is 4. The van der Waals surface area contributed by atoms with Gasteiger partial charge in [0, 0.05) is 6.04 Å². The zero-order valence-corrected chi connectivity index (χ0v) is 22.3. The van der Waals surface area contributed by atoms with E-state index in [1.165, 1.54) is 12.0 Å². The average molecular weight is 535 g/mol. The number of amides is 2. The van der Waals surface area contributed by atoms with E-state index in [0.717, 1.165) is 32.1 Å². The van der Waals surface area contributed by atoms with Crippen LogP contribution in [-0.2, 0) is 16.1 Å². The molecule has 2 heterocycles. The van der Waals surface area contributed by atoms with Crippen LogP contribution in [0.5, 0.6) is 23.0 Å². The molecule has 1 aliphatic heterocycles. The van der Waals surface area contributed by atoms with E-state index >= 15 is 0 Å². The molecule has 1 aromatic heterocycles. The van der Waals surface area contributed by atoms with Gasteiger partial charge in [0.15, 0.2) is 23.0 Å². The van der Waals surface area contributed by atoms with Crippen molar-refractivity contribution in [1.82, 2.24) is 10.2 Å². The van der Waals surface area contributed by atoms with Crippen molar-refractivity contribution in [3.8, 4) is 23.0 Å². The Hall–Kier alpha value is -4.14. The maximum absolute atomic E-state index is 14.2. The largest absolute Gasteiger partial charge is 0.493 e. The fourth-order valence-electron chi connectivity index (χ4n) is 5.22. The van der Waals surface area contributed by atoms with Crippen LogP contribution >= 0.6 is 0 Å². The first kappa shape index (κ1) is 26.5. The minimum atomic E-state index is -0.981. The number of benzene rings is 2. The minimum Gasteiger partial charge on any atom is -0.493 e. The fourth-order valence-corrected chi connectivity index (χ4v) is 5.22. The summed E-state index contributed by atoms with van der Waals surface area (Å²) in [5.41, 5.74) is 0.581. The zero-order valence-electron chi connectivity index (χ0n) is 22.3. The standard InChI is InChI=1S/C30H34N2O7/c1-35-23-15-14-20(17-26(23)36-2)28(29(33)31-21-9-4-3-5-10-21)32(18-22-11-8-16-37-22)30(34)27-19-38-24-12-6-7-13-25(24)39-27/h6-8,11-17,21,27-28H,3-5,9-10,18-19H2,1-2H3,(H,31,33)/t27-,28-/m0/s1. The van der Waals surface area contributed by atoms with Crippen LogP contribution in [-0.4, -0.2) is 49.7 Å². The van der Waals surface area contributed by atoms with Gasteiger partial charge in [0.05, 0.1) is 27.0 Å². The highest BCUT2D eigenvalue weighted by molar-refractivity contribution is 5.91. The topological polar surface area (TPSA) is 99.5 Å². The molecule has 0 spiro atoms. The molecule has 1 saturated carbocycles. The molecule has 2 amide bonds. The third kappa shape index (κ3) is 5.97. The summed E-state index contributed by atoms with van der Waals surface area (Å²) in [4.78, 5) is 29.7. The lowest BCUT2D eigenvalue weighted by atomic mass is 9.94. The number of carbonyl (C=O) groups excluding carboxylic acids is 2. The normalized spacial score (nSPS) is 17.6. The second-order valence-electron chi connectivity index (χ2n) is 9.77. The lowest BCUT2D eigenvalue weighted by molar-refractivity contribution is -0.149. The number of carbonyl (C=O) groups is 2. The Balaban J connectivity index is 1.52. The van der Waals surface area contributed by atoms with E-state index in [0.29, 0.717) is 34.3 Å². The zero-order chi connectivity index (χ0) is 27.2. The van der Waals surface area contributed by atoms with Crippen LogP contribution in [0, 0.1) is 0 Å². The molecule has 9 heteroatoms. The van der Waals surface area contributed by atoms with Gasteiger partial charge in [0.25, 0.3) is 5.91 Å². The van der Waals surface area contributed by atoms with Gasteiger partial charge in [-0.1, -0.05) is 37.5 Å². The average Bonchev–Trinajstić information content (AvgIpc) is 3.50. The molecule has 206 valence electrons. The van der Waals surface area contributed by atoms with Crippen molar-refractivity contribution in [2.75, 3.05) is 20.8 Å². The Labute approximate surface area is 228 Å². The van der Waals surface area contributed by atoms with E-state index in [9.17, 15) is 9.59 Å². The monoisotopic (exact) mass is 534 g/mol. The van der Waals surface area contributed by atoms with Gasteiger partial charge in [0.1, 0.15) is 18.4 Å². The highest BCUT2D eigenvalue weighted by atomic mass is 16.6. The molecule has 2 aliphatic rings.